The second kappa shape index (κ2) is 6.90. The summed E-state index contributed by atoms with van der Waals surface area (Å²) in [6.45, 7) is 2.22. The molecule has 178 valence electrons. The van der Waals surface area contributed by atoms with Crippen LogP contribution in [0.5, 0.6) is 0 Å². The summed E-state index contributed by atoms with van der Waals surface area (Å²) in [4.78, 5) is 0. The summed E-state index contributed by atoms with van der Waals surface area (Å²) in [5.74, 6) is 0. The van der Waals surface area contributed by atoms with E-state index in [1.54, 1.807) is 0 Å². The predicted octanol–water partition coefficient (Wildman–Crippen LogP) is 8.74. The van der Waals surface area contributed by atoms with Crippen LogP contribution in [0.3, 0.4) is 0 Å². The van der Waals surface area contributed by atoms with Crippen molar-refractivity contribution in [2.45, 2.75) is 6.92 Å². The fourth-order valence-electron chi connectivity index (χ4n) is 6.85. The molecule has 0 atom stereocenters. The number of fused-ring (bicyclic) bond motifs is 16. The highest BCUT2D eigenvalue weighted by atomic mass is 16.3. The van der Waals surface area contributed by atoms with Gasteiger partial charge in [0.2, 0.25) is 0 Å². The quantitative estimate of drug-likeness (QED) is 0.155. The Kier molecular flexibility index (Phi) is 3.67. The Morgan fingerprint density at radius 2 is 1.37 bits per heavy atom. The van der Waals surface area contributed by atoms with Crippen molar-refractivity contribution < 1.29 is 8.98 Å². The van der Waals surface area contributed by atoms with Crippen LogP contribution in [0.4, 0.5) is 0 Å². The monoisotopic (exact) mass is 487 g/mol. The Hall–Kier alpha value is -4.89. The summed E-state index contributed by atoms with van der Waals surface area (Å²) in [5, 5.41) is 11.0. The van der Waals surface area contributed by atoms with Crippen molar-refractivity contribution in [2.24, 2.45) is 7.05 Å². The highest BCUT2D eigenvalue weighted by Gasteiger charge is 2.28. The van der Waals surface area contributed by atoms with Gasteiger partial charge in [0.05, 0.1) is 17.8 Å². The maximum atomic E-state index is 6.74. The van der Waals surface area contributed by atoms with Crippen molar-refractivity contribution in [2.75, 3.05) is 0 Å². The molecule has 9 aromatic rings. The van der Waals surface area contributed by atoms with Crippen molar-refractivity contribution in [1.82, 2.24) is 4.40 Å². The van der Waals surface area contributed by atoms with Gasteiger partial charge in [-0.1, -0.05) is 78.9 Å². The summed E-state index contributed by atoms with van der Waals surface area (Å²) in [7, 11) is 2.19. The minimum atomic E-state index is 0.918. The van der Waals surface area contributed by atoms with Crippen LogP contribution in [-0.4, -0.2) is 4.40 Å². The van der Waals surface area contributed by atoms with Crippen LogP contribution in [0.1, 0.15) is 5.56 Å². The van der Waals surface area contributed by atoms with Crippen molar-refractivity contribution in [3.63, 3.8) is 0 Å². The first-order valence-electron chi connectivity index (χ1n) is 13.1. The van der Waals surface area contributed by atoms with E-state index in [1.165, 1.54) is 70.9 Å². The maximum absolute atomic E-state index is 6.74. The molecule has 0 radical (unpaired) electrons. The van der Waals surface area contributed by atoms with E-state index in [9.17, 15) is 0 Å². The fraction of sp³-hybridized carbons (Fsp3) is 0.0571. The van der Waals surface area contributed by atoms with Crippen molar-refractivity contribution in [3.8, 4) is 0 Å². The smallest absolute Gasteiger partial charge is 0.295 e. The molecular weight excluding hydrogens is 464 g/mol. The van der Waals surface area contributed by atoms with Crippen LogP contribution in [0.2, 0.25) is 0 Å². The van der Waals surface area contributed by atoms with Crippen LogP contribution in [0.15, 0.2) is 108 Å². The first-order valence-corrected chi connectivity index (χ1v) is 13.1. The number of aromatic nitrogens is 2. The van der Waals surface area contributed by atoms with E-state index < -0.39 is 0 Å². The lowest BCUT2D eigenvalue weighted by molar-refractivity contribution is -0.617. The molecule has 3 heterocycles. The Morgan fingerprint density at radius 1 is 0.605 bits per heavy atom. The molecule has 0 aliphatic carbocycles. The lowest BCUT2D eigenvalue weighted by Gasteiger charge is -2.07. The Balaban J connectivity index is 1.61. The van der Waals surface area contributed by atoms with Crippen LogP contribution in [0.25, 0.3) is 81.8 Å². The van der Waals surface area contributed by atoms with E-state index in [1.807, 2.05) is 0 Å². The first kappa shape index (κ1) is 20.2. The molecule has 0 unspecified atom stereocenters. The lowest BCUT2D eigenvalue weighted by Crippen LogP contribution is -2.27. The largest absolute Gasteiger partial charge is 0.455 e. The van der Waals surface area contributed by atoms with E-state index in [0.29, 0.717) is 0 Å². The number of para-hydroxylation sites is 1. The molecule has 3 aromatic heterocycles. The van der Waals surface area contributed by atoms with Gasteiger partial charge in [-0.25, -0.2) is 4.57 Å². The molecule has 38 heavy (non-hydrogen) atoms. The summed E-state index contributed by atoms with van der Waals surface area (Å²) in [6, 6.07) is 37.2. The van der Waals surface area contributed by atoms with Crippen LogP contribution >= 0.6 is 0 Å². The zero-order valence-corrected chi connectivity index (χ0v) is 21.1. The van der Waals surface area contributed by atoms with Gasteiger partial charge in [-0.2, -0.15) is 4.40 Å². The van der Waals surface area contributed by atoms with Crippen molar-refractivity contribution in [1.29, 1.82) is 0 Å². The van der Waals surface area contributed by atoms with E-state index >= 15 is 0 Å². The summed E-state index contributed by atoms with van der Waals surface area (Å²) in [5.41, 5.74) is 7.96. The third kappa shape index (κ3) is 2.33. The number of nitrogens with zero attached hydrogens (tertiary/aromatic N) is 2. The highest BCUT2D eigenvalue weighted by Crippen LogP contribution is 2.42. The van der Waals surface area contributed by atoms with Gasteiger partial charge in [-0.3, -0.25) is 0 Å². The molecular formula is C35H23N2O+. The Morgan fingerprint density at radius 3 is 2.29 bits per heavy atom. The number of aryl methyl sites for hydroxylation is 2. The minimum Gasteiger partial charge on any atom is -0.455 e. The number of furan rings is 1. The molecule has 0 bridgehead atoms. The fourth-order valence-corrected chi connectivity index (χ4v) is 6.85. The molecule has 3 nitrogen and oxygen atoms in total. The number of imidazole rings is 1. The molecule has 3 heteroatoms. The van der Waals surface area contributed by atoms with E-state index in [-0.39, 0.29) is 0 Å². The third-order valence-electron chi connectivity index (χ3n) is 8.51. The normalized spacial score (nSPS) is 12.5. The van der Waals surface area contributed by atoms with Crippen molar-refractivity contribution in [3.05, 3.63) is 109 Å². The van der Waals surface area contributed by atoms with Gasteiger partial charge in [0.1, 0.15) is 16.7 Å². The van der Waals surface area contributed by atoms with Gasteiger partial charge in [-0.05, 0) is 52.9 Å². The topological polar surface area (TPSA) is 21.4 Å². The molecule has 9 rings (SSSR count). The van der Waals surface area contributed by atoms with Gasteiger partial charge < -0.3 is 4.42 Å². The molecule has 0 aliphatic rings. The lowest BCUT2D eigenvalue weighted by atomic mass is 9.99. The molecule has 0 saturated heterocycles. The van der Waals surface area contributed by atoms with E-state index in [2.05, 4.69) is 126 Å². The molecule has 0 spiro atoms. The standard InChI is InChI=1S/C35H23N2O/c1-20-8-7-12-25-24-11-5-6-13-27(24)37-33-28(36(2)35(37)30(20)25)18-19-29-32(33)26-17-16-22-15-14-21-9-3-4-10-23(21)31(22)34(26)38-29/h3-19H,1-2H3/q+1. The number of hydrogen-bond acceptors (Lipinski definition) is 1. The number of pyridine rings is 1. The Bertz CT molecular complexity index is 2480. The maximum Gasteiger partial charge on any atom is 0.295 e. The molecule has 0 saturated carbocycles. The van der Waals surface area contributed by atoms with Gasteiger partial charge in [0.15, 0.2) is 11.0 Å². The zero-order chi connectivity index (χ0) is 25.1. The summed E-state index contributed by atoms with van der Waals surface area (Å²) < 4.78 is 11.6. The third-order valence-corrected chi connectivity index (χ3v) is 8.51. The van der Waals surface area contributed by atoms with Crippen LogP contribution < -0.4 is 4.57 Å². The van der Waals surface area contributed by atoms with Crippen molar-refractivity contribution >= 4 is 81.8 Å². The molecule has 0 amide bonds. The molecule has 0 N–H and O–H groups in total. The van der Waals surface area contributed by atoms with Crippen LogP contribution in [-0.2, 0) is 7.05 Å². The average Bonchev–Trinajstić information content (AvgIpc) is 3.48. The SMILES string of the molecule is Cc1cccc2c3ccccc3n3c4c5c(ccc4[n+](C)c3c12)oc1c5ccc2ccc3ccccc3c21. The minimum absolute atomic E-state index is 0.918. The second-order valence-electron chi connectivity index (χ2n) is 10.5. The predicted molar refractivity (Wildman–Crippen MR) is 158 cm³/mol. The number of hydrogen-bond donors (Lipinski definition) is 0. The Labute approximate surface area is 217 Å². The van der Waals surface area contributed by atoms with Gasteiger partial charge in [0, 0.05) is 21.5 Å². The van der Waals surface area contributed by atoms with Crippen LogP contribution in [0, 0.1) is 6.92 Å². The van der Waals surface area contributed by atoms with Gasteiger partial charge in [0.25, 0.3) is 5.65 Å². The van der Waals surface area contributed by atoms with Gasteiger partial charge in [-0.15, -0.1) is 0 Å². The molecule has 6 aromatic carbocycles. The second-order valence-corrected chi connectivity index (χ2v) is 10.5. The summed E-state index contributed by atoms with van der Waals surface area (Å²) in [6.07, 6.45) is 0. The molecule has 0 fully saturated rings. The van der Waals surface area contributed by atoms with E-state index in [0.717, 1.165) is 16.6 Å². The van der Waals surface area contributed by atoms with Gasteiger partial charge >= 0.3 is 0 Å². The first-order chi connectivity index (χ1) is 18.7. The average molecular weight is 488 g/mol. The highest BCUT2D eigenvalue weighted by molar-refractivity contribution is 6.27. The summed E-state index contributed by atoms with van der Waals surface area (Å²) >= 11 is 0. The zero-order valence-electron chi connectivity index (χ0n) is 21.1. The number of benzene rings is 6. The molecule has 0 aliphatic heterocycles. The van der Waals surface area contributed by atoms with E-state index in [4.69, 9.17) is 4.42 Å². The number of rotatable bonds is 0.